The number of methoxy groups -OCH3 is 1. The zero-order valence-corrected chi connectivity index (χ0v) is 13.4. The van der Waals surface area contributed by atoms with Crippen LogP contribution in [0.3, 0.4) is 0 Å². The second-order valence-corrected chi connectivity index (χ2v) is 5.64. The van der Waals surface area contributed by atoms with Gasteiger partial charge in [-0.2, -0.15) is 0 Å². The number of hydrogen-bond donors (Lipinski definition) is 1. The number of amides is 1. The Kier molecular flexibility index (Phi) is 4.95. The summed E-state index contributed by atoms with van der Waals surface area (Å²) in [4.78, 5) is 16.5. The number of benzene rings is 1. The smallest absolute Gasteiger partial charge is 0.273 e. The molecule has 6 nitrogen and oxygen atoms in total. The third kappa shape index (κ3) is 3.55. The molecule has 7 heteroatoms. The summed E-state index contributed by atoms with van der Waals surface area (Å²) in [6.07, 6.45) is 1.99. The van der Waals surface area contributed by atoms with E-state index >= 15 is 0 Å². The van der Waals surface area contributed by atoms with E-state index in [0.29, 0.717) is 29.7 Å². The zero-order valence-electron chi connectivity index (χ0n) is 12.6. The first-order valence-corrected chi connectivity index (χ1v) is 7.68. The molecule has 1 aliphatic rings. The molecule has 1 saturated heterocycles. The van der Waals surface area contributed by atoms with Crippen LogP contribution >= 0.6 is 11.6 Å². The van der Waals surface area contributed by atoms with Crippen LogP contribution in [0, 0.1) is 0 Å². The van der Waals surface area contributed by atoms with Gasteiger partial charge < -0.3 is 19.2 Å². The predicted molar refractivity (Wildman–Crippen MR) is 84.4 cm³/mol. The van der Waals surface area contributed by atoms with E-state index in [1.54, 1.807) is 19.2 Å². The van der Waals surface area contributed by atoms with Gasteiger partial charge in [-0.25, -0.2) is 4.98 Å². The maximum Gasteiger partial charge on any atom is 0.273 e. The van der Waals surface area contributed by atoms with Gasteiger partial charge in [-0.15, -0.1) is 0 Å². The van der Waals surface area contributed by atoms with Crippen LogP contribution in [0.5, 0.6) is 0 Å². The van der Waals surface area contributed by atoms with Crippen molar-refractivity contribution in [3.63, 3.8) is 0 Å². The Balaban J connectivity index is 1.72. The maximum absolute atomic E-state index is 12.3. The highest BCUT2D eigenvalue weighted by molar-refractivity contribution is 6.33. The quantitative estimate of drug-likeness (QED) is 0.928. The number of nitrogens with zero attached hydrogens (tertiary/aromatic N) is 1. The van der Waals surface area contributed by atoms with Gasteiger partial charge in [0.2, 0.25) is 5.89 Å². The number of ether oxygens (including phenoxy) is 2. The van der Waals surface area contributed by atoms with Gasteiger partial charge in [-0.05, 0) is 18.6 Å². The van der Waals surface area contributed by atoms with Gasteiger partial charge in [0.05, 0.1) is 29.3 Å². The van der Waals surface area contributed by atoms with Gasteiger partial charge in [0.15, 0.2) is 5.69 Å². The van der Waals surface area contributed by atoms with Crippen LogP contribution in [0.2, 0.25) is 5.02 Å². The molecule has 0 aliphatic carbocycles. The Morgan fingerprint density at radius 1 is 1.43 bits per heavy atom. The summed E-state index contributed by atoms with van der Waals surface area (Å²) in [6.45, 7) is 1.05. The molecular formula is C16H17ClN2O4. The molecule has 1 amide bonds. The monoisotopic (exact) mass is 336 g/mol. The molecule has 1 aliphatic heterocycles. The molecule has 0 unspecified atom stereocenters. The molecular weight excluding hydrogens is 320 g/mol. The largest absolute Gasteiger partial charge is 0.444 e. The van der Waals surface area contributed by atoms with E-state index < -0.39 is 0 Å². The highest BCUT2D eigenvalue weighted by atomic mass is 35.5. The molecule has 2 atom stereocenters. The fourth-order valence-electron chi connectivity index (χ4n) is 2.51. The van der Waals surface area contributed by atoms with Crippen LogP contribution in [0.15, 0.2) is 34.9 Å². The molecule has 1 N–H and O–H groups in total. The maximum atomic E-state index is 12.3. The molecule has 23 heavy (non-hydrogen) atoms. The topological polar surface area (TPSA) is 73.6 Å². The van der Waals surface area contributed by atoms with Crippen molar-refractivity contribution in [2.75, 3.05) is 20.3 Å². The Labute approximate surface area is 138 Å². The zero-order chi connectivity index (χ0) is 16.2. The average Bonchev–Trinajstić information content (AvgIpc) is 3.05. The number of carbonyl (C=O) groups excluding carboxylic acids is 1. The number of aromatic nitrogens is 1. The van der Waals surface area contributed by atoms with Crippen molar-refractivity contribution >= 4 is 17.5 Å². The fraction of sp³-hybridized carbons (Fsp3) is 0.375. The first-order valence-electron chi connectivity index (χ1n) is 7.31. The van der Waals surface area contributed by atoms with Crippen molar-refractivity contribution in [3.8, 4) is 11.5 Å². The molecule has 0 bridgehead atoms. The predicted octanol–water partition coefficient (Wildman–Crippen LogP) is 2.53. The lowest BCUT2D eigenvalue weighted by Crippen LogP contribution is -2.50. The second-order valence-electron chi connectivity index (χ2n) is 5.24. The SMILES string of the molecule is CO[C@@H]1CCOC[C@H]1NC(=O)c1coc(-c2ccccc2Cl)n1. The van der Waals surface area contributed by atoms with Crippen LogP contribution in [0.25, 0.3) is 11.5 Å². The second kappa shape index (κ2) is 7.12. The molecule has 2 heterocycles. The van der Waals surface area contributed by atoms with Crippen molar-refractivity contribution in [1.29, 1.82) is 0 Å². The lowest BCUT2D eigenvalue weighted by molar-refractivity contribution is -0.0349. The van der Waals surface area contributed by atoms with Crippen LogP contribution in [-0.4, -0.2) is 43.4 Å². The number of hydrogen-bond acceptors (Lipinski definition) is 5. The summed E-state index contributed by atoms with van der Waals surface area (Å²) >= 11 is 6.11. The molecule has 1 aromatic carbocycles. The van der Waals surface area contributed by atoms with Crippen LogP contribution in [-0.2, 0) is 9.47 Å². The van der Waals surface area contributed by atoms with Gasteiger partial charge in [0.25, 0.3) is 5.91 Å². The van der Waals surface area contributed by atoms with Crippen LogP contribution in [0.1, 0.15) is 16.9 Å². The Morgan fingerprint density at radius 3 is 3.04 bits per heavy atom. The first-order chi connectivity index (χ1) is 11.2. The van der Waals surface area contributed by atoms with E-state index in [4.69, 9.17) is 25.5 Å². The summed E-state index contributed by atoms with van der Waals surface area (Å²) in [5, 5.41) is 3.39. The molecule has 0 spiro atoms. The number of oxazole rings is 1. The van der Waals surface area contributed by atoms with Crippen molar-refractivity contribution < 1.29 is 18.7 Å². The molecule has 122 valence electrons. The van der Waals surface area contributed by atoms with Gasteiger partial charge in [0.1, 0.15) is 6.26 Å². The summed E-state index contributed by atoms with van der Waals surface area (Å²) in [5.74, 6) is -0.0199. The minimum Gasteiger partial charge on any atom is -0.444 e. The minimum absolute atomic E-state index is 0.0670. The lowest BCUT2D eigenvalue weighted by atomic mass is 10.1. The van der Waals surface area contributed by atoms with Crippen molar-refractivity contribution in [2.45, 2.75) is 18.6 Å². The Hall–Kier alpha value is -1.89. The Bertz CT molecular complexity index is 688. The Morgan fingerprint density at radius 2 is 2.26 bits per heavy atom. The summed E-state index contributed by atoms with van der Waals surface area (Å²) in [7, 11) is 1.63. The highest BCUT2D eigenvalue weighted by Gasteiger charge is 2.28. The number of carbonyl (C=O) groups is 1. The summed E-state index contributed by atoms with van der Waals surface area (Å²) in [5.41, 5.74) is 0.837. The molecule has 2 aromatic rings. The number of nitrogens with one attached hydrogen (secondary N) is 1. The normalized spacial score (nSPS) is 21.1. The van der Waals surface area contributed by atoms with Crippen LogP contribution in [0.4, 0.5) is 0 Å². The van der Waals surface area contributed by atoms with Gasteiger partial charge >= 0.3 is 0 Å². The van der Waals surface area contributed by atoms with Crippen molar-refractivity contribution in [2.24, 2.45) is 0 Å². The standard InChI is InChI=1S/C16H17ClN2O4/c1-21-14-6-7-22-8-12(14)18-15(20)13-9-23-16(19-13)10-4-2-3-5-11(10)17/h2-5,9,12,14H,6-8H2,1H3,(H,18,20)/t12-,14-/m1/s1. The molecule has 0 saturated carbocycles. The first kappa shape index (κ1) is 16.0. The lowest BCUT2D eigenvalue weighted by Gasteiger charge is -2.30. The van der Waals surface area contributed by atoms with E-state index in [9.17, 15) is 4.79 Å². The summed E-state index contributed by atoms with van der Waals surface area (Å²) < 4.78 is 16.1. The van der Waals surface area contributed by atoms with Crippen LogP contribution < -0.4 is 5.32 Å². The molecule has 0 radical (unpaired) electrons. The third-order valence-electron chi connectivity index (χ3n) is 3.75. The number of halogens is 1. The van der Waals surface area contributed by atoms with Gasteiger partial charge in [-0.1, -0.05) is 23.7 Å². The van der Waals surface area contributed by atoms with Crippen molar-refractivity contribution in [3.05, 3.63) is 41.2 Å². The van der Waals surface area contributed by atoms with E-state index in [-0.39, 0.29) is 23.7 Å². The van der Waals surface area contributed by atoms with E-state index in [2.05, 4.69) is 10.3 Å². The van der Waals surface area contributed by atoms with E-state index in [1.165, 1.54) is 6.26 Å². The van der Waals surface area contributed by atoms with Gasteiger partial charge in [0, 0.05) is 13.7 Å². The van der Waals surface area contributed by atoms with E-state index in [1.807, 2.05) is 12.1 Å². The molecule has 3 rings (SSSR count). The van der Waals surface area contributed by atoms with Gasteiger partial charge in [-0.3, -0.25) is 4.79 Å². The third-order valence-corrected chi connectivity index (χ3v) is 4.08. The highest BCUT2D eigenvalue weighted by Crippen LogP contribution is 2.26. The fourth-order valence-corrected chi connectivity index (χ4v) is 2.73. The minimum atomic E-state index is -0.329. The average molecular weight is 337 g/mol. The van der Waals surface area contributed by atoms with E-state index in [0.717, 1.165) is 6.42 Å². The summed E-state index contributed by atoms with van der Waals surface area (Å²) in [6, 6.07) is 6.96. The molecule has 1 fully saturated rings. The number of rotatable bonds is 4. The molecule has 1 aromatic heterocycles. The van der Waals surface area contributed by atoms with Crippen molar-refractivity contribution in [1.82, 2.24) is 10.3 Å².